The van der Waals surface area contributed by atoms with Crippen LogP contribution in [-0.2, 0) is 11.4 Å². The molecule has 0 unspecified atom stereocenters. The molecule has 6 heteroatoms. The third-order valence-electron chi connectivity index (χ3n) is 5.01. The second kappa shape index (κ2) is 10.7. The van der Waals surface area contributed by atoms with Gasteiger partial charge in [0.2, 0.25) is 0 Å². The molecule has 33 heavy (non-hydrogen) atoms. The molecule has 0 aliphatic rings. The smallest absolute Gasteiger partial charge is 0.280 e. The molecule has 166 valence electrons. The summed E-state index contributed by atoms with van der Waals surface area (Å²) in [5, 5.41) is 6.75. The second-order valence-electron chi connectivity index (χ2n) is 7.46. The zero-order chi connectivity index (χ0) is 23.0. The van der Waals surface area contributed by atoms with E-state index in [4.69, 9.17) is 21.1 Å². The Balaban J connectivity index is 1.28. The molecule has 0 fully saturated rings. The highest BCUT2D eigenvalue weighted by molar-refractivity contribution is 6.30. The average Bonchev–Trinajstić information content (AvgIpc) is 2.84. The van der Waals surface area contributed by atoms with Crippen LogP contribution in [0.25, 0.3) is 10.8 Å². The maximum atomic E-state index is 12.4. The average molecular weight is 459 g/mol. The van der Waals surface area contributed by atoms with Gasteiger partial charge in [0.1, 0.15) is 18.1 Å². The van der Waals surface area contributed by atoms with Crippen LogP contribution in [0.1, 0.15) is 18.1 Å². The van der Waals surface area contributed by atoms with E-state index in [0.29, 0.717) is 17.4 Å². The molecule has 0 saturated heterocycles. The Bertz CT molecular complexity index is 1250. The lowest BCUT2D eigenvalue weighted by Crippen LogP contribution is -2.33. The Labute approximate surface area is 197 Å². The molecular weight excluding hydrogens is 436 g/mol. The Kier molecular flexibility index (Phi) is 7.22. The quantitative estimate of drug-likeness (QED) is 0.260. The topological polar surface area (TPSA) is 59.9 Å². The van der Waals surface area contributed by atoms with E-state index in [2.05, 4.69) is 10.5 Å². The molecule has 0 aliphatic heterocycles. The van der Waals surface area contributed by atoms with Gasteiger partial charge in [-0.15, -0.1) is 0 Å². The summed E-state index contributed by atoms with van der Waals surface area (Å²) in [7, 11) is 0. The molecule has 0 aliphatic carbocycles. The van der Waals surface area contributed by atoms with Crippen molar-refractivity contribution in [1.29, 1.82) is 0 Å². The molecule has 0 spiro atoms. The van der Waals surface area contributed by atoms with Crippen LogP contribution in [0.15, 0.2) is 96.1 Å². The number of hydrogen-bond donors (Lipinski definition) is 1. The number of benzene rings is 4. The zero-order valence-electron chi connectivity index (χ0n) is 18.1. The van der Waals surface area contributed by atoms with Gasteiger partial charge in [0.05, 0.1) is 6.21 Å². The van der Waals surface area contributed by atoms with Gasteiger partial charge in [0.15, 0.2) is 6.10 Å². The second-order valence-corrected chi connectivity index (χ2v) is 7.89. The number of fused-ring (bicyclic) bond motifs is 1. The molecule has 0 saturated carbocycles. The SMILES string of the molecule is C[C@@H](Oc1cccc2ccccc12)C(=O)N/N=C\c1ccc(OCc2ccc(Cl)cc2)cc1. The molecule has 1 atom stereocenters. The number of nitrogens with one attached hydrogen (secondary N) is 1. The van der Waals surface area contributed by atoms with Gasteiger partial charge >= 0.3 is 0 Å². The van der Waals surface area contributed by atoms with Crippen molar-refractivity contribution in [2.45, 2.75) is 19.6 Å². The van der Waals surface area contributed by atoms with E-state index in [-0.39, 0.29) is 5.91 Å². The van der Waals surface area contributed by atoms with Crippen LogP contribution in [-0.4, -0.2) is 18.2 Å². The first kappa shape index (κ1) is 22.4. The highest BCUT2D eigenvalue weighted by atomic mass is 35.5. The minimum absolute atomic E-state index is 0.331. The summed E-state index contributed by atoms with van der Waals surface area (Å²) in [4.78, 5) is 12.4. The van der Waals surface area contributed by atoms with Gasteiger partial charge in [0, 0.05) is 10.4 Å². The summed E-state index contributed by atoms with van der Waals surface area (Å²) in [5.74, 6) is 1.07. The molecule has 0 heterocycles. The lowest BCUT2D eigenvalue weighted by Gasteiger charge is -2.14. The van der Waals surface area contributed by atoms with Crippen LogP contribution in [0, 0.1) is 0 Å². The number of carbonyl (C=O) groups excluding carboxylic acids is 1. The van der Waals surface area contributed by atoms with E-state index >= 15 is 0 Å². The van der Waals surface area contributed by atoms with Crippen molar-refractivity contribution in [2.24, 2.45) is 5.10 Å². The molecular formula is C27H23ClN2O3. The van der Waals surface area contributed by atoms with Crippen molar-refractivity contribution >= 4 is 34.5 Å². The van der Waals surface area contributed by atoms with Crippen LogP contribution in [0.3, 0.4) is 0 Å². The summed E-state index contributed by atoms with van der Waals surface area (Å²) >= 11 is 5.90. The predicted octanol–water partition coefficient (Wildman–Crippen LogP) is 5.99. The fraction of sp³-hybridized carbons (Fsp3) is 0.111. The molecule has 4 aromatic carbocycles. The molecule has 1 amide bonds. The van der Waals surface area contributed by atoms with E-state index in [1.54, 1.807) is 13.1 Å². The van der Waals surface area contributed by atoms with Gasteiger partial charge in [0.25, 0.3) is 5.91 Å². The van der Waals surface area contributed by atoms with Gasteiger partial charge in [-0.3, -0.25) is 4.79 Å². The normalized spacial score (nSPS) is 11.9. The number of ether oxygens (including phenoxy) is 2. The van der Waals surface area contributed by atoms with Crippen molar-refractivity contribution in [2.75, 3.05) is 0 Å². The maximum absolute atomic E-state index is 12.4. The van der Waals surface area contributed by atoms with Crippen molar-refractivity contribution < 1.29 is 14.3 Å². The Morgan fingerprint density at radius 3 is 2.48 bits per heavy atom. The Morgan fingerprint density at radius 2 is 1.70 bits per heavy atom. The summed E-state index contributed by atoms with van der Waals surface area (Å²) in [6, 6.07) is 28.6. The first-order chi connectivity index (χ1) is 16.1. The van der Waals surface area contributed by atoms with Crippen LogP contribution < -0.4 is 14.9 Å². The summed E-state index contributed by atoms with van der Waals surface area (Å²) in [6.07, 6.45) is 0.877. The van der Waals surface area contributed by atoms with Gasteiger partial charge in [-0.2, -0.15) is 5.10 Å². The Hall–Kier alpha value is -3.83. The van der Waals surface area contributed by atoms with Crippen molar-refractivity contribution in [3.8, 4) is 11.5 Å². The van der Waals surface area contributed by atoms with E-state index in [1.807, 2.05) is 91.0 Å². The van der Waals surface area contributed by atoms with E-state index in [9.17, 15) is 4.79 Å². The standard InChI is InChI=1S/C27H23ClN2O3/c1-19(33-26-8-4-6-22-5-2-3-7-25(22)26)27(31)30-29-17-20-11-15-24(16-12-20)32-18-21-9-13-23(28)14-10-21/h2-17,19H,18H2,1H3,(H,30,31)/b29-17-/t19-/m1/s1. The number of amides is 1. The first-order valence-electron chi connectivity index (χ1n) is 10.5. The largest absolute Gasteiger partial charge is 0.489 e. The minimum atomic E-state index is -0.698. The van der Waals surface area contributed by atoms with Crippen LogP contribution in [0.4, 0.5) is 0 Å². The minimum Gasteiger partial charge on any atom is -0.489 e. The Morgan fingerprint density at radius 1 is 0.970 bits per heavy atom. The van der Waals surface area contributed by atoms with E-state index in [0.717, 1.165) is 27.6 Å². The monoisotopic (exact) mass is 458 g/mol. The number of rotatable bonds is 8. The highest BCUT2D eigenvalue weighted by Gasteiger charge is 2.15. The fourth-order valence-corrected chi connectivity index (χ4v) is 3.33. The third kappa shape index (κ3) is 6.11. The number of carbonyl (C=O) groups is 1. The molecule has 5 nitrogen and oxygen atoms in total. The molecule has 0 bridgehead atoms. The van der Waals surface area contributed by atoms with Crippen LogP contribution >= 0.6 is 11.6 Å². The number of halogens is 1. The molecule has 1 N–H and O–H groups in total. The molecule has 4 rings (SSSR count). The third-order valence-corrected chi connectivity index (χ3v) is 5.26. The molecule has 0 radical (unpaired) electrons. The fourth-order valence-electron chi connectivity index (χ4n) is 3.20. The summed E-state index contributed by atoms with van der Waals surface area (Å²) in [5.41, 5.74) is 4.39. The maximum Gasteiger partial charge on any atom is 0.280 e. The van der Waals surface area contributed by atoms with Crippen molar-refractivity contribution in [3.05, 3.63) is 107 Å². The van der Waals surface area contributed by atoms with Gasteiger partial charge in [-0.25, -0.2) is 5.43 Å². The van der Waals surface area contributed by atoms with Crippen molar-refractivity contribution in [3.63, 3.8) is 0 Å². The first-order valence-corrected chi connectivity index (χ1v) is 10.9. The molecule has 4 aromatic rings. The van der Waals surface area contributed by atoms with E-state index in [1.165, 1.54) is 0 Å². The number of hydrogen-bond acceptors (Lipinski definition) is 4. The summed E-state index contributed by atoms with van der Waals surface area (Å²) < 4.78 is 11.6. The molecule has 0 aromatic heterocycles. The van der Waals surface area contributed by atoms with Gasteiger partial charge < -0.3 is 9.47 Å². The van der Waals surface area contributed by atoms with E-state index < -0.39 is 6.10 Å². The number of hydrazone groups is 1. The van der Waals surface area contributed by atoms with Crippen LogP contribution in [0.2, 0.25) is 5.02 Å². The zero-order valence-corrected chi connectivity index (χ0v) is 18.8. The number of nitrogens with zero attached hydrogens (tertiary/aromatic N) is 1. The van der Waals surface area contributed by atoms with Gasteiger partial charge in [-0.1, -0.05) is 60.1 Å². The van der Waals surface area contributed by atoms with Crippen molar-refractivity contribution in [1.82, 2.24) is 5.43 Å². The summed E-state index contributed by atoms with van der Waals surface area (Å²) in [6.45, 7) is 2.15. The lowest BCUT2D eigenvalue weighted by molar-refractivity contribution is -0.127. The lowest BCUT2D eigenvalue weighted by atomic mass is 10.1. The predicted molar refractivity (Wildman–Crippen MR) is 132 cm³/mol. The highest BCUT2D eigenvalue weighted by Crippen LogP contribution is 2.26. The van der Waals surface area contributed by atoms with Gasteiger partial charge in [-0.05, 0) is 65.9 Å². The van der Waals surface area contributed by atoms with Crippen LogP contribution in [0.5, 0.6) is 11.5 Å².